The Morgan fingerprint density at radius 1 is 1.12 bits per heavy atom. The second-order valence-electron chi connectivity index (χ2n) is 4.97. The average Bonchev–Trinajstić information content (AvgIpc) is 2.60. The van der Waals surface area contributed by atoms with Crippen LogP contribution in [0.15, 0.2) is 48.5 Å². The maximum absolute atomic E-state index is 13.7. The molecule has 0 bridgehead atoms. The van der Waals surface area contributed by atoms with Gasteiger partial charge in [-0.1, -0.05) is 31.2 Å². The summed E-state index contributed by atoms with van der Waals surface area (Å²) in [6.07, 6.45) is -0.562. The predicted octanol–water partition coefficient (Wildman–Crippen LogP) is 3.41. The van der Waals surface area contributed by atoms with E-state index in [4.69, 9.17) is 4.74 Å². The van der Waals surface area contributed by atoms with E-state index in [1.54, 1.807) is 37.3 Å². The highest BCUT2D eigenvalue weighted by atomic mass is 19.1. The van der Waals surface area contributed by atoms with Crippen LogP contribution in [-0.2, 0) is 9.53 Å². The van der Waals surface area contributed by atoms with Gasteiger partial charge >= 0.3 is 5.97 Å². The van der Waals surface area contributed by atoms with Gasteiger partial charge < -0.3 is 14.8 Å². The van der Waals surface area contributed by atoms with E-state index in [0.717, 1.165) is 0 Å². The number of hydrogen-bond acceptors (Lipinski definition) is 4. The van der Waals surface area contributed by atoms with Crippen molar-refractivity contribution >= 4 is 17.6 Å². The number of carbonyl (C=O) groups excluding carboxylic acids is 2. The smallest absolute Gasteiger partial charge is 0.339 e. The summed E-state index contributed by atoms with van der Waals surface area (Å²) in [5.74, 6) is -1.58. The molecule has 2 aromatic carbocycles. The maximum Gasteiger partial charge on any atom is 0.339 e. The van der Waals surface area contributed by atoms with Crippen LogP contribution in [0.5, 0.6) is 5.75 Å². The number of amides is 1. The quantitative estimate of drug-likeness (QED) is 0.824. The molecule has 2 rings (SSSR count). The van der Waals surface area contributed by atoms with Crippen LogP contribution in [0.25, 0.3) is 0 Å². The molecule has 0 heterocycles. The third-order valence-corrected chi connectivity index (χ3v) is 3.36. The van der Waals surface area contributed by atoms with Crippen LogP contribution in [0.1, 0.15) is 23.7 Å². The number of rotatable bonds is 6. The van der Waals surface area contributed by atoms with E-state index in [1.807, 2.05) is 0 Å². The second kappa shape index (κ2) is 8.10. The molecule has 0 fully saturated rings. The average molecular weight is 331 g/mol. The van der Waals surface area contributed by atoms with E-state index in [0.29, 0.717) is 12.1 Å². The van der Waals surface area contributed by atoms with Gasteiger partial charge in [0.1, 0.15) is 0 Å². The van der Waals surface area contributed by atoms with Gasteiger partial charge in [0.05, 0.1) is 18.4 Å². The number of methoxy groups -OCH3 is 1. The van der Waals surface area contributed by atoms with Crippen LogP contribution in [0.4, 0.5) is 10.1 Å². The molecule has 0 spiro atoms. The molecule has 126 valence electrons. The Balaban J connectivity index is 2.16. The van der Waals surface area contributed by atoms with Gasteiger partial charge in [-0.15, -0.1) is 0 Å². The van der Waals surface area contributed by atoms with Crippen molar-refractivity contribution in [1.29, 1.82) is 0 Å². The van der Waals surface area contributed by atoms with Gasteiger partial charge in [-0.05, 0) is 30.7 Å². The first-order chi connectivity index (χ1) is 11.6. The number of hydrogen-bond donors (Lipinski definition) is 1. The van der Waals surface area contributed by atoms with Gasteiger partial charge in [-0.2, -0.15) is 0 Å². The Morgan fingerprint density at radius 2 is 1.79 bits per heavy atom. The zero-order chi connectivity index (χ0) is 17.5. The SMILES string of the molecule is CC[C@H](Oc1ccccc1F)C(=O)Nc1ccccc1C(=O)OC. The third kappa shape index (κ3) is 4.10. The largest absolute Gasteiger partial charge is 0.478 e. The molecule has 0 unspecified atom stereocenters. The van der Waals surface area contributed by atoms with Crippen molar-refractivity contribution in [2.75, 3.05) is 12.4 Å². The Bertz CT molecular complexity index is 732. The number of ether oxygens (including phenoxy) is 2. The lowest BCUT2D eigenvalue weighted by Crippen LogP contribution is -2.33. The van der Waals surface area contributed by atoms with Crippen molar-refractivity contribution in [2.24, 2.45) is 0 Å². The molecule has 0 radical (unpaired) electrons. The first kappa shape index (κ1) is 17.5. The number of benzene rings is 2. The molecule has 5 nitrogen and oxygen atoms in total. The molecule has 24 heavy (non-hydrogen) atoms. The monoisotopic (exact) mass is 331 g/mol. The maximum atomic E-state index is 13.7. The first-order valence-electron chi connectivity index (χ1n) is 7.46. The van der Waals surface area contributed by atoms with E-state index in [-0.39, 0.29) is 11.3 Å². The van der Waals surface area contributed by atoms with Gasteiger partial charge in [-0.3, -0.25) is 4.79 Å². The van der Waals surface area contributed by atoms with Crippen molar-refractivity contribution in [3.63, 3.8) is 0 Å². The molecule has 0 aromatic heterocycles. The topological polar surface area (TPSA) is 64.6 Å². The Labute approximate surface area is 139 Å². The fraction of sp³-hybridized carbons (Fsp3) is 0.222. The summed E-state index contributed by atoms with van der Waals surface area (Å²) in [5, 5.41) is 2.63. The number of halogens is 1. The predicted molar refractivity (Wildman–Crippen MR) is 87.5 cm³/mol. The molecule has 0 aliphatic rings. The van der Waals surface area contributed by atoms with Gasteiger partial charge in [0.25, 0.3) is 5.91 Å². The molecule has 6 heteroatoms. The molecule has 0 saturated heterocycles. The molecular weight excluding hydrogens is 313 g/mol. The van der Waals surface area contributed by atoms with Crippen LogP contribution in [0.3, 0.4) is 0 Å². The number of anilines is 1. The molecule has 0 saturated carbocycles. The summed E-state index contributed by atoms with van der Waals surface area (Å²) in [6.45, 7) is 1.75. The number of carbonyl (C=O) groups is 2. The number of esters is 1. The number of nitrogens with one attached hydrogen (secondary N) is 1. The number of para-hydroxylation sites is 2. The first-order valence-corrected chi connectivity index (χ1v) is 7.46. The lowest BCUT2D eigenvalue weighted by Gasteiger charge is -2.18. The van der Waals surface area contributed by atoms with Crippen molar-refractivity contribution < 1.29 is 23.5 Å². The van der Waals surface area contributed by atoms with Crippen molar-refractivity contribution in [3.05, 3.63) is 59.9 Å². The Hall–Kier alpha value is -2.89. The molecule has 0 aliphatic carbocycles. The summed E-state index contributed by atoms with van der Waals surface area (Å²) in [4.78, 5) is 24.1. The molecule has 1 amide bonds. The van der Waals surface area contributed by atoms with Gasteiger partial charge in [0.15, 0.2) is 17.7 Å². The summed E-state index contributed by atoms with van der Waals surface area (Å²) in [6, 6.07) is 12.3. The van der Waals surface area contributed by atoms with Gasteiger partial charge in [0.2, 0.25) is 0 Å². The molecular formula is C18H18FNO4. The molecule has 1 N–H and O–H groups in total. The molecule has 1 atom stereocenters. The van der Waals surface area contributed by atoms with E-state index < -0.39 is 23.8 Å². The minimum Gasteiger partial charge on any atom is -0.478 e. The third-order valence-electron chi connectivity index (χ3n) is 3.36. The minimum absolute atomic E-state index is 0.000697. The minimum atomic E-state index is -0.896. The highest BCUT2D eigenvalue weighted by Crippen LogP contribution is 2.20. The van der Waals surface area contributed by atoms with E-state index >= 15 is 0 Å². The zero-order valence-corrected chi connectivity index (χ0v) is 13.4. The van der Waals surface area contributed by atoms with Gasteiger partial charge in [-0.25, -0.2) is 9.18 Å². The van der Waals surface area contributed by atoms with E-state index in [9.17, 15) is 14.0 Å². The van der Waals surface area contributed by atoms with Gasteiger partial charge in [0, 0.05) is 0 Å². The van der Waals surface area contributed by atoms with Crippen LogP contribution >= 0.6 is 0 Å². The van der Waals surface area contributed by atoms with Crippen LogP contribution < -0.4 is 10.1 Å². The lowest BCUT2D eigenvalue weighted by molar-refractivity contribution is -0.122. The highest BCUT2D eigenvalue weighted by molar-refractivity contribution is 6.02. The van der Waals surface area contributed by atoms with E-state index in [2.05, 4.69) is 10.1 Å². The summed E-state index contributed by atoms with van der Waals surface area (Å²) in [7, 11) is 1.26. The van der Waals surface area contributed by atoms with Crippen LogP contribution in [0, 0.1) is 5.82 Å². The van der Waals surface area contributed by atoms with Crippen molar-refractivity contribution in [2.45, 2.75) is 19.4 Å². The fourth-order valence-electron chi connectivity index (χ4n) is 2.11. The summed E-state index contributed by atoms with van der Waals surface area (Å²) < 4.78 is 23.8. The Morgan fingerprint density at radius 3 is 2.46 bits per heavy atom. The highest BCUT2D eigenvalue weighted by Gasteiger charge is 2.22. The molecule has 0 aliphatic heterocycles. The lowest BCUT2D eigenvalue weighted by atomic mass is 10.1. The summed E-state index contributed by atoms with van der Waals surface area (Å²) >= 11 is 0. The van der Waals surface area contributed by atoms with E-state index in [1.165, 1.54) is 25.3 Å². The second-order valence-corrected chi connectivity index (χ2v) is 4.97. The standard InChI is InChI=1S/C18H18FNO4/c1-3-15(24-16-11-7-5-9-13(16)19)17(21)20-14-10-6-4-8-12(14)18(22)23-2/h4-11,15H,3H2,1-2H3,(H,20,21)/t15-/m0/s1. The summed E-state index contributed by atoms with van der Waals surface area (Å²) in [5.41, 5.74) is 0.541. The molecule has 2 aromatic rings. The van der Waals surface area contributed by atoms with Crippen molar-refractivity contribution in [1.82, 2.24) is 0 Å². The fourth-order valence-corrected chi connectivity index (χ4v) is 2.11. The van der Waals surface area contributed by atoms with Crippen LogP contribution in [-0.4, -0.2) is 25.1 Å². The van der Waals surface area contributed by atoms with Crippen molar-refractivity contribution in [3.8, 4) is 5.75 Å². The van der Waals surface area contributed by atoms with Crippen LogP contribution in [0.2, 0.25) is 0 Å². The normalized spacial score (nSPS) is 11.5. The zero-order valence-electron chi connectivity index (χ0n) is 13.4. The Kier molecular flexibility index (Phi) is 5.89.